The number of unbranched alkanes of at least 4 members (excludes halogenated alkanes) is 1. The number of esters is 1. The highest BCUT2D eigenvalue weighted by Crippen LogP contribution is 2.47. The lowest BCUT2D eigenvalue weighted by Crippen LogP contribution is -2.49. The van der Waals surface area contributed by atoms with E-state index in [2.05, 4.69) is 15.6 Å². The van der Waals surface area contributed by atoms with Crippen molar-refractivity contribution in [1.82, 2.24) is 15.6 Å². The van der Waals surface area contributed by atoms with Crippen molar-refractivity contribution < 1.29 is 56.5 Å². The van der Waals surface area contributed by atoms with E-state index >= 15 is 0 Å². The van der Waals surface area contributed by atoms with Gasteiger partial charge in [-0.1, -0.05) is 13.0 Å². The Morgan fingerprint density at radius 3 is 2.51 bits per heavy atom. The average molecular weight is 666 g/mol. The fourth-order valence-electron chi connectivity index (χ4n) is 5.38. The number of nitrogens with zero attached hydrogens (tertiary/aromatic N) is 2. The maximum Gasteiger partial charge on any atom is 0.490 e. The third-order valence-electron chi connectivity index (χ3n) is 7.83. The van der Waals surface area contributed by atoms with Gasteiger partial charge in [-0.2, -0.15) is 13.2 Å². The average Bonchev–Trinajstić information content (AvgIpc) is 3.74. The lowest BCUT2D eigenvalue weighted by atomic mass is 9.81. The Labute approximate surface area is 266 Å². The number of nitrogen functional groups attached to an aromatic ring is 1. The number of carboxylic acids is 1. The lowest BCUT2D eigenvalue weighted by Gasteiger charge is -2.30. The van der Waals surface area contributed by atoms with Crippen molar-refractivity contribution in [2.45, 2.75) is 49.9 Å². The number of carbonyl (C=O) groups excluding carboxylic acids is 5. The molecule has 4 rings (SSSR count). The second kappa shape index (κ2) is 15.0. The Hall–Kier alpha value is -5.06. The molecule has 0 radical (unpaired) electrons. The first kappa shape index (κ1) is 36.4. The SMILES string of the molecule is COC(=O)[C@]1(C(C)CN2C(=O)CNC(=O)c3cc(CCCCOc4cccnc4N)ccc32)NC1(C=O)CC=O.O=C(O)C(F)(F)F. The number of fused-ring (bicyclic) bond motifs is 1. The van der Waals surface area contributed by atoms with Crippen molar-refractivity contribution in [2.24, 2.45) is 5.92 Å². The van der Waals surface area contributed by atoms with Gasteiger partial charge in [0.1, 0.15) is 23.7 Å². The molecule has 5 N–H and O–H groups in total. The van der Waals surface area contributed by atoms with Gasteiger partial charge >= 0.3 is 18.1 Å². The number of alkyl halides is 3. The molecule has 2 amide bonds. The number of aliphatic carboxylic acids is 1. The Bertz CT molecular complexity index is 1520. The van der Waals surface area contributed by atoms with Gasteiger partial charge in [0.05, 0.1) is 31.5 Å². The van der Waals surface area contributed by atoms with Gasteiger partial charge in [0.25, 0.3) is 5.91 Å². The molecule has 2 aliphatic rings. The van der Waals surface area contributed by atoms with Crippen LogP contribution in [-0.2, 0) is 35.1 Å². The summed E-state index contributed by atoms with van der Waals surface area (Å²) >= 11 is 0. The quantitative estimate of drug-likeness (QED) is 0.103. The number of rotatable bonds is 13. The normalized spacial score (nSPS) is 20.7. The summed E-state index contributed by atoms with van der Waals surface area (Å²) in [7, 11) is 1.20. The molecule has 0 bridgehead atoms. The summed E-state index contributed by atoms with van der Waals surface area (Å²) in [4.78, 5) is 76.4. The molecule has 2 aromatic rings. The van der Waals surface area contributed by atoms with Crippen LogP contribution in [-0.4, -0.2) is 90.5 Å². The number of aromatic nitrogens is 1. The monoisotopic (exact) mass is 665 g/mol. The predicted octanol–water partition coefficient (Wildman–Crippen LogP) is 1.45. The number of amides is 2. The van der Waals surface area contributed by atoms with Gasteiger partial charge in [-0.05, 0) is 49.1 Å². The topological polar surface area (TPSA) is 217 Å². The zero-order valence-electron chi connectivity index (χ0n) is 25.5. The molecule has 47 heavy (non-hydrogen) atoms. The van der Waals surface area contributed by atoms with Crippen LogP contribution in [0.5, 0.6) is 5.75 Å². The number of aldehydes is 2. The maximum atomic E-state index is 13.1. The second-order valence-electron chi connectivity index (χ2n) is 10.8. The van der Waals surface area contributed by atoms with Gasteiger partial charge in [-0.3, -0.25) is 14.9 Å². The molecular formula is C30H34F3N5O9. The first-order chi connectivity index (χ1) is 22.2. The van der Waals surface area contributed by atoms with Crippen LogP contribution in [0.3, 0.4) is 0 Å². The molecule has 1 aromatic carbocycles. The van der Waals surface area contributed by atoms with Crippen LogP contribution in [0.15, 0.2) is 36.5 Å². The highest BCUT2D eigenvalue weighted by molar-refractivity contribution is 6.10. The van der Waals surface area contributed by atoms with Gasteiger partial charge in [0.2, 0.25) is 5.91 Å². The summed E-state index contributed by atoms with van der Waals surface area (Å²) in [6.07, 6.45) is -0.376. The summed E-state index contributed by atoms with van der Waals surface area (Å²) in [6, 6.07) is 8.84. The number of halogens is 3. The van der Waals surface area contributed by atoms with Gasteiger partial charge in [0.15, 0.2) is 11.6 Å². The Morgan fingerprint density at radius 1 is 1.21 bits per heavy atom. The molecule has 1 aromatic heterocycles. The number of carbonyl (C=O) groups is 6. The standard InChI is InChI=1S/C28H33N5O7.C2HF3O2/c1-18(28(26(38)39-2)27(17-35,32-28)10-12-34)16-33-21-9-8-19(14-20(21)25(37)31-15-23(33)36)6-3-4-13-40-22-7-5-11-30-24(22)29;3-2(4,5)1(6)7/h5,7-9,11-12,14,17-18,32H,3-4,6,10,13,15-16H2,1-2H3,(H2,29,30)(H,31,37);(H,6,7)/t18?,27?,28-;/m0./s1. The summed E-state index contributed by atoms with van der Waals surface area (Å²) in [5, 5.41) is 12.7. The zero-order chi connectivity index (χ0) is 35.0. The minimum Gasteiger partial charge on any atom is -0.490 e. The first-order valence-electron chi connectivity index (χ1n) is 14.3. The van der Waals surface area contributed by atoms with Gasteiger partial charge in [-0.15, -0.1) is 0 Å². The number of nitrogens with one attached hydrogen (secondary N) is 2. The molecular weight excluding hydrogens is 631 g/mol. The number of hydrogen-bond donors (Lipinski definition) is 4. The van der Waals surface area contributed by atoms with Crippen molar-refractivity contribution >= 4 is 47.8 Å². The van der Waals surface area contributed by atoms with E-state index in [-0.39, 0.29) is 31.3 Å². The number of benzene rings is 1. The fraction of sp³-hybridized carbons (Fsp3) is 0.433. The van der Waals surface area contributed by atoms with E-state index in [1.165, 1.54) is 12.0 Å². The third kappa shape index (κ3) is 8.03. The van der Waals surface area contributed by atoms with Crippen LogP contribution >= 0.6 is 0 Å². The number of hydrogen-bond acceptors (Lipinski definition) is 11. The minimum atomic E-state index is -5.08. The van der Waals surface area contributed by atoms with Crippen LogP contribution in [0.25, 0.3) is 0 Å². The summed E-state index contributed by atoms with van der Waals surface area (Å²) in [5.74, 6) is -3.97. The van der Waals surface area contributed by atoms with Crippen molar-refractivity contribution in [3.05, 3.63) is 47.7 Å². The van der Waals surface area contributed by atoms with E-state index in [4.69, 9.17) is 25.1 Å². The van der Waals surface area contributed by atoms with Crippen LogP contribution in [0, 0.1) is 5.92 Å². The van der Waals surface area contributed by atoms with Crippen LogP contribution in [0.1, 0.15) is 42.1 Å². The molecule has 2 aliphatic heterocycles. The molecule has 0 spiro atoms. The number of carboxylic acid groups (broad SMARTS) is 1. The van der Waals surface area contributed by atoms with Crippen molar-refractivity contribution in [3.63, 3.8) is 0 Å². The maximum absolute atomic E-state index is 13.1. The number of ether oxygens (including phenoxy) is 2. The van der Waals surface area contributed by atoms with E-state index < -0.39 is 35.1 Å². The molecule has 254 valence electrons. The van der Waals surface area contributed by atoms with Crippen LogP contribution in [0.2, 0.25) is 0 Å². The molecule has 17 heteroatoms. The Balaban J connectivity index is 0.000000771. The molecule has 3 heterocycles. The highest BCUT2D eigenvalue weighted by Gasteiger charge is 2.75. The summed E-state index contributed by atoms with van der Waals surface area (Å²) in [5.41, 5.74) is 4.55. The van der Waals surface area contributed by atoms with Gasteiger partial charge in [-0.25, -0.2) is 14.6 Å². The van der Waals surface area contributed by atoms with E-state index in [1.807, 2.05) is 6.07 Å². The molecule has 1 fully saturated rings. The molecule has 0 saturated carbocycles. The van der Waals surface area contributed by atoms with Gasteiger partial charge < -0.3 is 40.1 Å². The summed E-state index contributed by atoms with van der Waals surface area (Å²) < 4.78 is 42.4. The number of pyridine rings is 1. The van der Waals surface area contributed by atoms with Gasteiger partial charge in [0, 0.05) is 25.1 Å². The highest BCUT2D eigenvalue weighted by atomic mass is 19.4. The predicted molar refractivity (Wildman–Crippen MR) is 158 cm³/mol. The number of nitrogens with two attached hydrogens (primary N) is 1. The van der Waals surface area contributed by atoms with E-state index in [1.54, 1.807) is 37.4 Å². The molecule has 0 aliphatic carbocycles. The second-order valence-corrected chi connectivity index (χ2v) is 10.8. The Morgan fingerprint density at radius 2 is 1.91 bits per heavy atom. The Kier molecular flexibility index (Phi) is 11.6. The molecule has 14 nitrogen and oxygen atoms in total. The van der Waals surface area contributed by atoms with Crippen molar-refractivity contribution in [3.8, 4) is 5.75 Å². The summed E-state index contributed by atoms with van der Waals surface area (Å²) in [6.45, 7) is 1.94. The van der Waals surface area contributed by atoms with E-state index in [0.717, 1.165) is 18.4 Å². The lowest BCUT2D eigenvalue weighted by molar-refractivity contribution is -0.192. The molecule has 1 saturated heterocycles. The largest absolute Gasteiger partial charge is 0.490 e. The fourth-order valence-corrected chi connectivity index (χ4v) is 5.38. The number of anilines is 2. The van der Waals surface area contributed by atoms with Crippen LogP contribution in [0.4, 0.5) is 24.7 Å². The third-order valence-corrected chi connectivity index (χ3v) is 7.83. The van der Waals surface area contributed by atoms with E-state index in [0.29, 0.717) is 48.4 Å². The number of aryl methyl sites for hydroxylation is 1. The van der Waals surface area contributed by atoms with Crippen LogP contribution < -0.4 is 26.0 Å². The first-order valence-corrected chi connectivity index (χ1v) is 14.3. The molecule has 3 atom stereocenters. The minimum absolute atomic E-state index is 0.00546. The van der Waals surface area contributed by atoms with Crippen molar-refractivity contribution in [1.29, 1.82) is 0 Å². The number of methoxy groups -OCH3 is 1. The smallest absolute Gasteiger partial charge is 0.490 e. The van der Waals surface area contributed by atoms with Crippen molar-refractivity contribution in [2.75, 3.05) is 37.4 Å². The zero-order valence-corrected chi connectivity index (χ0v) is 25.5. The van der Waals surface area contributed by atoms with E-state index in [9.17, 15) is 37.1 Å². The molecule has 2 unspecified atom stereocenters.